The fourth-order valence-corrected chi connectivity index (χ4v) is 3.70. The molecule has 0 aliphatic carbocycles. The van der Waals surface area contributed by atoms with Crippen LogP contribution in [-0.4, -0.2) is 31.2 Å². The van der Waals surface area contributed by atoms with Crippen LogP contribution in [-0.2, 0) is 13.1 Å². The fourth-order valence-electron chi connectivity index (χ4n) is 3.03. The maximum absolute atomic E-state index is 6.30. The maximum atomic E-state index is 6.30. The number of rotatable bonds is 7. The van der Waals surface area contributed by atoms with E-state index in [9.17, 15) is 0 Å². The number of aromatic nitrogens is 4. The zero-order valence-corrected chi connectivity index (χ0v) is 19.0. The van der Waals surface area contributed by atoms with Crippen LogP contribution in [0.5, 0.6) is 0 Å². The van der Waals surface area contributed by atoms with Crippen LogP contribution in [0.3, 0.4) is 0 Å². The lowest BCUT2D eigenvalue weighted by Gasteiger charge is -2.11. The van der Waals surface area contributed by atoms with Crippen molar-refractivity contribution in [2.45, 2.75) is 40.3 Å². The van der Waals surface area contributed by atoms with Crippen molar-refractivity contribution in [1.29, 1.82) is 0 Å². The Hall–Kier alpha value is -2.09. The molecule has 2 heterocycles. The van der Waals surface area contributed by atoms with E-state index in [4.69, 9.17) is 35.4 Å². The first-order chi connectivity index (χ1) is 13.8. The van der Waals surface area contributed by atoms with Crippen LogP contribution in [0.1, 0.15) is 29.1 Å². The summed E-state index contributed by atoms with van der Waals surface area (Å²) in [7, 11) is 0. The monoisotopic (exact) mass is 450 g/mol. The van der Waals surface area contributed by atoms with Gasteiger partial charge in [-0.05, 0) is 63.2 Å². The number of halogens is 2. The van der Waals surface area contributed by atoms with Crippen molar-refractivity contribution in [3.8, 4) is 0 Å². The second-order valence-electron chi connectivity index (χ2n) is 6.89. The molecule has 3 aromatic rings. The Balaban J connectivity index is 1.55. The zero-order valence-electron chi connectivity index (χ0n) is 16.7. The average Bonchev–Trinajstić information content (AvgIpc) is 3.19. The number of hydrogen-bond acceptors (Lipinski definition) is 3. The van der Waals surface area contributed by atoms with Gasteiger partial charge in [0.15, 0.2) is 5.11 Å². The minimum absolute atomic E-state index is 0.563. The summed E-state index contributed by atoms with van der Waals surface area (Å²) < 4.78 is 3.85. The number of aryl methyl sites for hydroxylation is 3. The van der Waals surface area contributed by atoms with Gasteiger partial charge in [0.2, 0.25) is 0 Å². The maximum Gasteiger partial charge on any atom is 0.170 e. The minimum atomic E-state index is 0.563. The van der Waals surface area contributed by atoms with Gasteiger partial charge in [-0.2, -0.15) is 10.2 Å². The highest BCUT2D eigenvalue weighted by atomic mass is 35.5. The van der Waals surface area contributed by atoms with Crippen molar-refractivity contribution in [1.82, 2.24) is 24.9 Å². The van der Waals surface area contributed by atoms with Gasteiger partial charge in [-0.1, -0.05) is 29.3 Å². The third kappa shape index (κ3) is 5.72. The second-order valence-corrected chi connectivity index (χ2v) is 8.15. The van der Waals surface area contributed by atoms with Gasteiger partial charge >= 0.3 is 0 Å². The summed E-state index contributed by atoms with van der Waals surface area (Å²) in [5.74, 6) is 0. The van der Waals surface area contributed by atoms with Crippen LogP contribution in [0.2, 0.25) is 10.0 Å². The Morgan fingerprint density at radius 2 is 1.93 bits per heavy atom. The topological polar surface area (TPSA) is 59.7 Å². The number of hydrogen-bond donors (Lipinski definition) is 2. The van der Waals surface area contributed by atoms with Gasteiger partial charge in [0.25, 0.3) is 0 Å². The van der Waals surface area contributed by atoms with Gasteiger partial charge in [0.05, 0.1) is 29.3 Å². The molecular formula is C20H24Cl2N6S. The Bertz CT molecular complexity index is 1010. The lowest BCUT2D eigenvalue weighted by Crippen LogP contribution is -2.30. The van der Waals surface area contributed by atoms with Crippen LogP contribution in [0.15, 0.2) is 30.5 Å². The second kappa shape index (κ2) is 9.61. The number of thiocarbonyl (C=S) groups is 1. The molecular weight excluding hydrogens is 427 g/mol. The summed E-state index contributed by atoms with van der Waals surface area (Å²) in [6, 6.07) is 7.49. The molecule has 154 valence electrons. The molecule has 29 heavy (non-hydrogen) atoms. The SMILES string of the molecule is Cc1ccn(CCCNC(=S)Nc2c(C)nn(Cc3ccc(Cl)cc3Cl)c2C)n1. The molecule has 2 N–H and O–H groups in total. The first-order valence-electron chi connectivity index (χ1n) is 9.36. The standard InChI is InChI=1S/C20H24Cl2N6S/c1-13-7-10-27(25-13)9-4-8-23-20(29)24-19-14(2)26-28(15(19)3)12-16-5-6-17(21)11-18(16)22/h5-7,10-11H,4,8-9,12H2,1-3H3,(H2,23,24,29). The average molecular weight is 451 g/mol. The van der Waals surface area contributed by atoms with Crippen molar-refractivity contribution in [3.05, 3.63) is 63.2 Å². The Kier molecular flexibility index (Phi) is 7.16. The van der Waals surface area contributed by atoms with E-state index in [0.29, 0.717) is 21.7 Å². The van der Waals surface area contributed by atoms with Gasteiger partial charge in [-0.25, -0.2) is 0 Å². The van der Waals surface area contributed by atoms with Crippen LogP contribution in [0.4, 0.5) is 5.69 Å². The van der Waals surface area contributed by atoms with Crippen LogP contribution < -0.4 is 10.6 Å². The first kappa shape index (κ1) is 21.6. The largest absolute Gasteiger partial charge is 0.362 e. The summed E-state index contributed by atoms with van der Waals surface area (Å²) in [6.45, 7) is 8.12. The van der Waals surface area contributed by atoms with Crippen molar-refractivity contribution >= 4 is 46.2 Å². The highest BCUT2D eigenvalue weighted by molar-refractivity contribution is 7.80. The summed E-state index contributed by atoms with van der Waals surface area (Å²) in [5, 5.41) is 17.3. The lowest BCUT2D eigenvalue weighted by atomic mass is 10.2. The fraction of sp³-hybridized carbons (Fsp3) is 0.350. The van der Waals surface area contributed by atoms with E-state index in [1.807, 2.05) is 54.5 Å². The molecule has 0 fully saturated rings. The first-order valence-corrected chi connectivity index (χ1v) is 10.5. The predicted octanol–water partition coefficient (Wildman–Crippen LogP) is 4.74. The Morgan fingerprint density at radius 3 is 2.62 bits per heavy atom. The molecule has 0 amide bonds. The van der Waals surface area contributed by atoms with E-state index in [-0.39, 0.29) is 0 Å². The van der Waals surface area contributed by atoms with Crippen molar-refractivity contribution in [3.63, 3.8) is 0 Å². The van der Waals surface area contributed by atoms with Crippen molar-refractivity contribution in [2.24, 2.45) is 0 Å². The molecule has 0 saturated carbocycles. The Morgan fingerprint density at radius 1 is 1.14 bits per heavy atom. The molecule has 6 nitrogen and oxygen atoms in total. The van der Waals surface area contributed by atoms with Crippen LogP contribution >= 0.6 is 35.4 Å². The van der Waals surface area contributed by atoms with Gasteiger partial charge in [-0.15, -0.1) is 0 Å². The van der Waals surface area contributed by atoms with E-state index in [1.165, 1.54) is 0 Å². The van der Waals surface area contributed by atoms with Gasteiger partial charge in [-0.3, -0.25) is 9.36 Å². The smallest absolute Gasteiger partial charge is 0.170 e. The molecule has 9 heteroatoms. The quantitative estimate of drug-likeness (QED) is 0.402. The number of nitrogens with zero attached hydrogens (tertiary/aromatic N) is 4. The van der Waals surface area contributed by atoms with E-state index in [0.717, 1.165) is 47.8 Å². The molecule has 3 rings (SSSR count). The van der Waals surface area contributed by atoms with Crippen molar-refractivity contribution < 1.29 is 0 Å². The molecule has 0 saturated heterocycles. The summed E-state index contributed by atoms with van der Waals surface area (Å²) in [5.41, 5.74) is 4.77. The van der Waals surface area contributed by atoms with Crippen LogP contribution in [0.25, 0.3) is 0 Å². The zero-order chi connectivity index (χ0) is 21.0. The number of benzene rings is 1. The van der Waals surface area contributed by atoms with E-state index < -0.39 is 0 Å². The highest BCUT2D eigenvalue weighted by Gasteiger charge is 2.14. The number of nitrogens with one attached hydrogen (secondary N) is 2. The molecule has 0 radical (unpaired) electrons. The molecule has 2 aromatic heterocycles. The summed E-state index contributed by atoms with van der Waals surface area (Å²) in [6.07, 6.45) is 2.91. The normalized spacial score (nSPS) is 10.9. The van der Waals surface area contributed by atoms with Gasteiger partial charge < -0.3 is 10.6 Å². The molecule has 0 aliphatic rings. The van der Waals surface area contributed by atoms with E-state index >= 15 is 0 Å². The molecule has 0 atom stereocenters. The van der Waals surface area contributed by atoms with E-state index in [2.05, 4.69) is 20.8 Å². The van der Waals surface area contributed by atoms with E-state index in [1.54, 1.807) is 6.07 Å². The van der Waals surface area contributed by atoms with Gasteiger partial charge in [0, 0.05) is 29.3 Å². The number of anilines is 1. The third-order valence-corrected chi connectivity index (χ3v) is 5.41. The van der Waals surface area contributed by atoms with Gasteiger partial charge in [0.1, 0.15) is 0 Å². The summed E-state index contributed by atoms with van der Waals surface area (Å²) in [4.78, 5) is 0. The molecule has 1 aromatic carbocycles. The highest BCUT2D eigenvalue weighted by Crippen LogP contribution is 2.25. The predicted molar refractivity (Wildman–Crippen MR) is 123 cm³/mol. The molecule has 0 bridgehead atoms. The lowest BCUT2D eigenvalue weighted by molar-refractivity contribution is 0.570. The third-order valence-electron chi connectivity index (χ3n) is 4.58. The molecule has 0 aliphatic heterocycles. The molecule has 0 spiro atoms. The minimum Gasteiger partial charge on any atom is -0.362 e. The molecule has 0 unspecified atom stereocenters. The van der Waals surface area contributed by atoms with Crippen molar-refractivity contribution in [2.75, 3.05) is 11.9 Å². The Labute approximate surface area is 186 Å². The van der Waals surface area contributed by atoms with Crippen LogP contribution in [0, 0.1) is 20.8 Å². The summed E-state index contributed by atoms with van der Waals surface area (Å²) >= 11 is 17.7.